The Balaban J connectivity index is 1.24. The van der Waals surface area contributed by atoms with E-state index < -0.39 is 0 Å². The lowest BCUT2D eigenvalue weighted by Gasteiger charge is -2.14. The highest BCUT2D eigenvalue weighted by atomic mass is 15.0. The summed E-state index contributed by atoms with van der Waals surface area (Å²) in [6, 6.07) is 63.8. The molecule has 2 aromatic heterocycles. The monoisotopic (exact) mass is 650 g/mol. The first-order chi connectivity index (χ1) is 25.3. The first-order valence-electron chi connectivity index (χ1n) is 17.2. The minimum Gasteiger partial charge on any atom is -0.309 e. The van der Waals surface area contributed by atoms with Crippen LogP contribution in [0.25, 0.3) is 94.3 Å². The van der Waals surface area contributed by atoms with E-state index >= 15 is 0 Å². The Morgan fingerprint density at radius 2 is 0.804 bits per heavy atom. The molecule has 10 rings (SSSR count). The molecule has 0 saturated heterocycles. The van der Waals surface area contributed by atoms with Crippen LogP contribution in [0.2, 0.25) is 0 Å². The van der Waals surface area contributed by atoms with Crippen LogP contribution in [0.4, 0.5) is 0 Å². The van der Waals surface area contributed by atoms with Gasteiger partial charge in [0.2, 0.25) is 0 Å². The molecule has 0 bridgehead atoms. The van der Waals surface area contributed by atoms with Crippen molar-refractivity contribution in [1.29, 1.82) is 0 Å². The SMILES string of the molecule is c1ccc(-c2nc(-c3cccc4c(-c5cccc6ccccc56)cccc34)nc(-c3cccc4c3c3ccccc3n4-c3ccccc3)n2)cc1. The number of fused-ring (bicyclic) bond motifs is 5. The summed E-state index contributed by atoms with van der Waals surface area (Å²) in [4.78, 5) is 15.7. The first-order valence-corrected chi connectivity index (χ1v) is 17.2. The average Bonchev–Trinajstić information content (AvgIpc) is 3.55. The van der Waals surface area contributed by atoms with Gasteiger partial charge >= 0.3 is 0 Å². The van der Waals surface area contributed by atoms with Crippen LogP contribution in [0.1, 0.15) is 0 Å². The lowest BCUT2D eigenvalue weighted by atomic mass is 9.92. The van der Waals surface area contributed by atoms with Crippen LogP contribution in [0.15, 0.2) is 182 Å². The minimum atomic E-state index is 0.640. The van der Waals surface area contributed by atoms with Gasteiger partial charge in [0.05, 0.1) is 11.0 Å². The third-order valence-corrected chi connectivity index (χ3v) is 9.86. The van der Waals surface area contributed by atoms with E-state index in [1.54, 1.807) is 0 Å². The fourth-order valence-corrected chi connectivity index (χ4v) is 7.59. The van der Waals surface area contributed by atoms with Crippen LogP contribution in [0, 0.1) is 0 Å². The fraction of sp³-hybridized carbons (Fsp3) is 0. The molecule has 0 saturated carbocycles. The molecule has 0 atom stereocenters. The highest BCUT2D eigenvalue weighted by molar-refractivity contribution is 6.15. The summed E-state index contributed by atoms with van der Waals surface area (Å²) in [7, 11) is 0. The number of aromatic nitrogens is 4. The number of nitrogens with zero attached hydrogens (tertiary/aromatic N) is 4. The van der Waals surface area contributed by atoms with E-state index in [1.165, 1.54) is 21.9 Å². The number of para-hydroxylation sites is 2. The van der Waals surface area contributed by atoms with Gasteiger partial charge in [0.15, 0.2) is 17.5 Å². The van der Waals surface area contributed by atoms with Gasteiger partial charge in [-0.05, 0) is 56.9 Å². The van der Waals surface area contributed by atoms with Crippen LogP contribution in [0.5, 0.6) is 0 Å². The van der Waals surface area contributed by atoms with Crippen molar-refractivity contribution in [3.8, 4) is 51.0 Å². The molecule has 4 heteroatoms. The van der Waals surface area contributed by atoms with Gasteiger partial charge in [0, 0.05) is 33.2 Å². The van der Waals surface area contributed by atoms with Crippen molar-refractivity contribution < 1.29 is 0 Å². The Hall–Kier alpha value is -6.91. The molecule has 0 amide bonds. The highest BCUT2D eigenvalue weighted by Gasteiger charge is 2.20. The van der Waals surface area contributed by atoms with Gasteiger partial charge < -0.3 is 4.57 Å². The smallest absolute Gasteiger partial charge is 0.164 e. The maximum absolute atomic E-state index is 5.31. The topological polar surface area (TPSA) is 43.6 Å². The molecule has 0 aliphatic rings. The summed E-state index contributed by atoms with van der Waals surface area (Å²) in [5.74, 6) is 1.92. The number of benzene rings is 8. The van der Waals surface area contributed by atoms with E-state index in [0.717, 1.165) is 55.0 Å². The Morgan fingerprint density at radius 3 is 1.61 bits per heavy atom. The Labute approximate surface area is 295 Å². The van der Waals surface area contributed by atoms with E-state index in [1.807, 2.05) is 18.2 Å². The predicted octanol–water partition coefficient (Wildman–Crippen LogP) is 11.9. The maximum atomic E-state index is 5.31. The van der Waals surface area contributed by atoms with E-state index in [0.29, 0.717) is 17.5 Å². The Bertz CT molecular complexity index is 2900. The zero-order valence-electron chi connectivity index (χ0n) is 27.6. The van der Waals surface area contributed by atoms with E-state index in [9.17, 15) is 0 Å². The zero-order valence-corrected chi connectivity index (χ0v) is 27.6. The molecule has 2 heterocycles. The van der Waals surface area contributed by atoms with Gasteiger partial charge in [-0.1, -0.05) is 158 Å². The predicted molar refractivity (Wildman–Crippen MR) is 211 cm³/mol. The number of rotatable bonds is 5. The normalized spacial score (nSPS) is 11.5. The quantitative estimate of drug-likeness (QED) is 0.186. The molecule has 10 aromatic rings. The van der Waals surface area contributed by atoms with Crippen LogP contribution < -0.4 is 0 Å². The van der Waals surface area contributed by atoms with Crippen LogP contribution >= 0.6 is 0 Å². The fourth-order valence-electron chi connectivity index (χ4n) is 7.59. The molecule has 0 fully saturated rings. The number of hydrogen-bond donors (Lipinski definition) is 0. The minimum absolute atomic E-state index is 0.640. The van der Waals surface area contributed by atoms with Gasteiger partial charge in [-0.2, -0.15) is 0 Å². The molecule has 238 valence electrons. The summed E-state index contributed by atoms with van der Waals surface area (Å²) in [5, 5.41) is 6.97. The van der Waals surface area contributed by atoms with Gasteiger partial charge in [-0.25, -0.2) is 15.0 Å². The standard InChI is InChI=1S/C47H30N4/c1-3-16-32(17-4-1)45-48-46(39-27-13-25-37-36(24-12-26-38(37)39)35-23-11-18-31-15-7-8-21-34(31)35)50-47(49-45)41-28-14-30-43-44(41)40-22-9-10-29-42(40)51(43)33-19-5-2-6-20-33/h1-30H. The van der Waals surface area contributed by atoms with Gasteiger partial charge in [0.1, 0.15) is 0 Å². The highest BCUT2D eigenvalue weighted by Crippen LogP contribution is 2.40. The molecule has 0 N–H and O–H groups in total. The molecule has 0 spiro atoms. The van der Waals surface area contributed by atoms with Gasteiger partial charge in [-0.15, -0.1) is 0 Å². The van der Waals surface area contributed by atoms with E-state index in [4.69, 9.17) is 15.0 Å². The van der Waals surface area contributed by atoms with Crippen LogP contribution in [-0.2, 0) is 0 Å². The molecule has 0 aliphatic heterocycles. The Morgan fingerprint density at radius 1 is 0.314 bits per heavy atom. The van der Waals surface area contributed by atoms with E-state index in [-0.39, 0.29) is 0 Å². The Kier molecular flexibility index (Phi) is 6.78. The van der Waals surface area contributed by atoms with Crippen LogP contribution in [0.3, 0.4) is 0 Å². The summed E-state index contributed by atoms with van der Waals surface area (Å²) in [6.07, 6.45) is 0. The summed E-state index contributed by atoms with van der Waals surface area (Å²) >= 11 is 0. The molecule has 0 unspecified atom stereocenters. The summed E-state index contributed by atoms with van der Waals surface area (Å²) in [6.45, 7) is 0. The molecule has 0 aliphatic carbocycles. The molecular formula is C47H30N4. The number of hydrogen-bond acceptors (Lipinski definition) is 3. The first kappa shape index (κ1) is 29.0. The zero-order chi connectivity index (χ0) is 33.7. The largest absolute Gasteiger partial charge is 0.309 e. The lowest BCUT2D eigenvalue weighted by molar-refractivity contribution is 1.08. The van der Waals surface area contributed by atoms with Crippen molar-refractivity contribution in [3.63, 3.8) is 0 Å². The maximum Gasteiger partial charge on any atom is 0.164 e. The second-order valence-corrected chi connectivity index (χ2v) is 12.8. The van der Waals surface area contributed by atoms with Crippen molar-refractivity contribution in [2.45, 2.75) is 0 Å². The van der Waals surface area contributed by atoms with Gasteiger partial charge in [-0.3, -0.25) is 0 Å². The molecular weight excluding hydrogens is 621 g/mol. The average molecular weight is 651 g/mol. The second-order valence-electron chi connectivity index (χ2n) is 12.8. The van der Waals surface area contributed by atoms with E-state index in [2.05, 4.69) is 168 Å². The van der Waals surface area contributed by atoms with Gasteiger partial charge in [0.25, 0.3) is 0 Å². The molecule has 51 heavy (non-hydrogen) atoms. The van der Waals surface area contributed by atoms with Crippen molar-refractivity contribution in [1.82, 2.24) is 19.5 Å². The van der Waals surface area contributed by atoms with Crippen LogP contribution in [-0.4, -0.2) is 19.5 Å². The van der Waals surface area contributed by atoms with Crippen molar-refractivity contribution in [3.05, 3.63) is 182 Å². The second kappa shape index (κ2) is 11.9. The molecule has 4 nitrogen and oxygen atoms in total. The van der Waals surface area contributed by atoms with Crippen molar-refractivity contribution in [2.75, 3.05) is 0 Å². The van der Waals surface area contributed by atoms with Crippen molar-refractivity contribution in [2.24, 2.45) is 0 Å². The lowest BCUT2D eigenvalue weighted by Crippen LogP contribution is -2.01. The summed E-state index contributed by atoms with van der Waals surface area (Å²) < 4.78 is 2.33. The molecule has 0 radical (unpaired) electrons. The summed E-state index contributed by atoms with van der Waals surface area (Å²) in [5.41, 5.74) is 8.62. The molecule has 8 aromatic carbocycles. The third-order valence-electron chi connectivity index (χ3n) is 9.86. The van der Waals surface area contributed by atoms with Crippen molar-refractivity contribution >= 4 is 43.4 Å². The third kappa shape index (κ3) is 4.80.